The molecular weight excluding hydrogens is 313 g/mol. The maximum atomic E-state index is 12.7. The van der Waals surface area contributed by atoms with Crippen LogP contribution in [0.3, 0.4) is 0 Å². The molecule has 1 saturated heterocycles. The minimum absolute atomic E-state index is 0.00640. The molecule has 1 aliphatic heterocycles. The van der Waals surface area contributed by atoms with Crippen LogP contribution in [0.4, 0.5) is 13.2 Å². The lowest BCUT2D eigenvalue weighted by Crippen LogP contribution is -2.25. The molecule has 1 atom stereocenters. The highest BCUT2D eigenvalue weighted by molar-refractivity contribution is 9.10. The molecule has 0 N–H and O–H groups in total. The van der Waals surface area contributed by atoms with Crippen molar-refractivity contribution in [1.82, 2.24) is 0 Å². The summed E-state index contributed by atoms with van der Waals surface area (Å²) in [6, 6.07) is 3.82. The average molecular weight is 325 g/mol. The Kier molecular flexibility index (Phi) is 4.17. The molecule has 1 aromatic rings. The summed E-state index contributed by atoms with van der Waals surface area (Å²) in [4.78, 5) is 0. The highest BCUT2D eigenvalue weighted by Crippen LogP contribution is 2.37. The molecule has 1 unspecified atom stereocenters. The van der Waals surface area contributed by atoms with E-state index < -0.39 is 18.0 Å². The summed E-state index contributed by atoms with van der Waals surface area (Å²) in [6.45, 7) is 0.591. The van der Waals surface area contributed by atoms with E-state index in [0.29, 0.717) is 13.0 Å². The minimum Gasteiger partial charge on any atom is -0.465 e. The molecule has 2 nitrogen and oxygen atoms in total. The molecule has 0 saturated carbocycles. The molecule has 1 aromatic carbocycles. The third kappa shape index (κ3) is 3.38. The van der Waals surface area contributed by atoms with Crippen LogP contribution in [0, 0.1) is 0 Å². The van der Waals surface area contributed by atoms with Gasteiger partial charge in [-0.15, -0.1) is 0 Å². The summed E-state index contributed by atoms with van der Waals surface area (Å²) >= 11 is 2.88. The molecule has 6 heteroatoms. The summed E-state index contributed by atoms with van der Waals surface area (Å²) in [5, 5.41) is 0. The second-order valence-electron chi connectivity index (χ2n) is 4.05. The van der Waals surface area contributed by atoms with Gasteiger partial charge in [-0.1, -0.05) is 15.9 Å². The molecule has 0 spiro atoms. The van der Waals surface area contributed by atoms with Gasteiger partial charge in [0.15, 0.2) is 6.29 Å². The first-order chi connectivity index (χ1) is 8.47. The molecule has 0 amide bonds. The molecule has 1 aliphatic rings. The van der Waals surface area contributed by atoms with Crippen molar-refractivity contribution in [2.45, 2.75) is 31.7 Å². The van der Waals surface area contributed by atoms with Crippen molar-refractivity contribution in [3.8, 4) is 5.75 Å². The molecule has 0 aromatic heterocycles. The van der Waals surface area contributed by atoms with Gasteiger partial charge in [-0.3, -0.25) is 0 Å². The molecule has 0 aliphatic carbocycles. The topological polar surface area (TPSA) is 18.5 Å². The van der Waals surface area contributed by atoms with Gasteiger partial charge in [0, 0.05) is 10.9 Å². The van der Waals surface area contributed by atoms with Crippen LogP contribution in [0.15, 0.2) is 22.7 Å². The van der Waals surface area contributed by atoms with E-state index in [9.17, 15) is 13.2 Å². The van der Waals surface area contributed by atoms with Crippen LogP contribution in [-0.4, -0.2) is 12.9 Å². The van der Waals surface area contributed by atoms with E-state index in [0.717, 1.165) is 18.9 Å². The van der Waals surface area contributed by atoms with Gasteiger partial charge >= 0.3 is 6.18 Å². The number of hydrogen-bond donors (Lipinski definition) is 0. The lowest BCUT2D eigenvalue weighted by Gasteiger charge is -2.24. The van der Waals surface area contributed by atoms with Crippen molar-refractivity contribution in [3.05, 3.63) is 28.2 Å². The number of benzene rings is 1. The van der Waals surface area contributed by atoms with Crippen molar-refractivity contribution in [2.75, 3.05) is 6.61 Å². The third-order valence-electron chi connectivity index (χ3n) is 2.65. The molecule has 1 fully saturated rings. The lowest BCUT2D eigenvalue weighted by molar-refractivity contribution is -0.139. The summed E-state index contributed by atoms with van der Waals surface area (Å²) in [5.74, 6) is 0.178. The Morgan fingerprint density at radius 1 is 1.28 bits per heavy atom. The van der Waals surface area contributed by atoms with Gasteiger partial charge in [-0.25, -0.2) is 0 Å². The normalized spacial score (nSPS) is 20.8. The van der Waals surface area contributed by atoms with Gasteiger partial charge in [0.25, 0.3) is 0 Å². The summed E-state index contributed by atoms with van der Waals surface area (Å²) in [7, 11) is 0. The highest BCUT2D eigenvalue weighted by atomic mass is 79.9. The molecular formula is C12H12BrF3O2. The fourth-order valence-corrected chi connectivity index (χ4v) is 2.22. The Morgan fingerprint density at radius 2 is 2.06 bits per heavy atom. The number of rotatable bonds is 2. The summed E-state index contributed by atoms with van der Waals surface area (Å²) in [6.07, 6.45) is -2.20. The largest absolute Gasteiger partial charge is 0.465 e. The van der Waals surface area contributed by atoms with Crippen LogP contribution in [0.1, 0.15) is 24.8 Å². The van der Waals surface area contributed by atoms with Crippen molar-refractivity contribution in [3.63, 3.8) is 0 Å². The van der Waals surface area contributed by atoms with Gasteiger partial charge in [-0.05, 0) is 31.0 Å². The maximum Gasteiger partial charge on any atom is 0.417 e. The zero-order valence-electron chi connectivity index (χ0n) is 9.47. The second-order valence-corrected chi connectivity index (χ2v) is 4.91. The van der Waals surface area contributed by atoms with E-state index >= 15 is 0 Å². The van der Waals surface area contributed by atoms with Crippen LogP contribution in [0.5, 0.6) is 5.75 Å². The number of ether oxygens (including phenoxy) is 2. The smallest absolute Gasteiger partial charge is 0.417 e. The standard InChI is InChI=1S/C12H12BrF3O2/c13-10-5-4-8(7-9(10)12(14,15)16)18-11-3-1-2-6-17-11/h4-5,7,11H,1-3,6H2. The summed E-state index contributed by atoms with van der Waals surface area (Å²) in [5.41, 5.74) is -0.740. The first-order valence-electron chi connectivity index (χ1n) is 5.62. The number of halogens is 4. The molecule has 100 valence electrons. The van der Waals surface area contributed by atoms with Crippen LogP contribution in [0.25, 0.3) is 0 Å². The SMILES string of the molecule is FC(F)(F)c1cc(OC2CCCCO2)ccc1Br. The minimum atomic E-state index is -4.40. The zero-order valence-corrected chi connectivity index (χ0v) is 11.1. The molecule has 2 rings (SSSR count). The predicted molar refractivity (Wildman–Crippen MR) is 63.4 cm³/mol. The third-order valence-corrected chi connectivity index (χ3v) is 3.34. The van der Waals surface area contributed by atoms with Crippen molar-refractivity contribution in [2.24, 2.45) is 0 Å². The lowest BCUT2D eigenvalue weighted by atomic mass is 10.2. The van der Waals surface area contributed by atoms with E-state index in [4.69, 9.17) is 9.47 Å². The Labute approximate surface area is 111 Å². The van der Waals surface area contributed by atoms with Gasteiger partial charge in [-0.2, -0.15) is 13.2 Å². The average Bonchev–Trinajstić information content (AvgIpc) is 2.31. The van der Waals surface area contributed by atoms with Crippen LogP contribution in [-0.2, 0) is 10.9 Å². The Bertz CT molecular complexity index is 414. The van der Waals surface area contributed by atoms with Crippen molar-refractivity contribution in [1.29, 1.82) is 0 Å². The van der Waals surface area contributed by atoms with Crippen LogP contribution < -0.4 is 4.74 Å². The monoisotopic (exact) mass is 324 g/mol. The van der Waals surface area contributed by atoms with Crippen molar-refractivity contribution >= 4 is 15.9 Å². The fraction of sp³-hybridized carbons (Fsp3) is 0.500. The highest BCUT2D eigenvalue weighted by Gasteiger charge is 2.33. The Hall–Kier alpha value is -0.750. The fourth-order valence-electron chi connectivity index (χ4n) is 1.75. The van der Waals surface area contributed by atoms with E-state index in [2.05, 4.69) is 15.9 Å². The quantitative estimate of drug-likeness (QED) is 0.804. The van der Waals surface area contributed by atoms with Crippen LogP contribution >= 0.6 is 15.9 Å². The van der Waals surface area contributed by atoms with Gasteiger partial charge in [0.05, 0.1) is 12.2 Å². The van der Waals surface area contributed by atoms with Gasteiger partial charge in [0.1, 0.15) is 5.75 Å². The van der Waals surface area contributed by atoms with E-state index in [1.807, 2.05) is 0 Å². The molecule has 18 heavy (non-hydrogen) atoms. The van der Waals surface area contributed by atoms with Gasteiger partial charge in [0.2, 0.25) is 0 Å². The second kappa shape index (κ2) is 5.48. The van der Waals surface area contributed by atoms with E-state index in [1.54, 1.807) is 0 Å². The summed E-state index contributed by atoms with van der Waals surface area (Å²) < 4.78 is 48.8. The zero-order chi connectivity index (χ0) is 13.2. The Balaban J connectivity index is 2.14. The number of hydrogen-bond acceptors (Lipinski definition) is 2. The van der Waals surface area contributed by atoms with E-state index in [-0.39, 0.29) is 10.2 Å². The van der Waals surface area contributed by atoms with Gasteiger partial charge < -0.3 is 9.47 Å². The number of alkyl halides is 3. The first-order valence-corrected chi connectivity index (χ1v) is 6.41. The molecule has 1 heterocycles. The van der Waals surface area contributed by atoms with E-state index in [1.165, 1.54) is 12.1 Å². The Morgan fingerprint density at radius 3 is 2.67 bits per heavy atom. The van der Waals surface area contributed by atoms with Crippen LogP contribution in [0.2, 0.25) is 0 Å². The predicted octanol–water partition coefficient (Wildman–Crippen LogP) is 4.37. The first kappa shape index (κ1) is 13.7. The maximum absolute atomic E-state index is 12.7. The molecule has 0 radical (unpaired) electrons. The van der Waals surface area contributed by atoms with Crippen molar-refractivity contribution < 1.29 is 22.6 Å². The molecule has 0 bridgehead atoms.